The Morgan fingerprint density at radius 2 is 2.47 bits per heavy atom. The van der Waals surface area contributed by atoms with Crippen LogP contribution in [-0.4, -0.2) is 26.8 Å². The number of carbonyl (C=O) groups is 1. The van der Waals surface area contributed by atoms with Crippen LogP contribution in [0.5, 0.6) is 5.75 Å². The van der Waals surface area contributed by atoms with E-state index in [1.54, 1.807) is 4.68 Å². The van der Waals surface area contributed by atoms with Crippen LogP contribution in [0.1, 0.15) is 25.7 Å². The summed E-state index contributed by atoms with van der Waals surface area (Å²) in [5, 5.41) is 15.9. The molecule has 5 nitrogen and oxygen atoms in total. The molecule has 1 aliphatic rings. The molecule has 5 heteroatoms. The van der Waals surface area contributed by atoms with Crippen LogP contribution in [0.4, 0.5) is 0 Å². The summed E-state index contributed by atoms with van der Waals surface area (Å²) in [4.78, 5) is 11.4. The van der Waals surface area contributed by atoms with Crippen molar-refractivity contribution in [3.8, 4) is 5.75 Å². The van der Waals surface area contributed by atoms with Crippen molar-refractivity contribution in [3.63, 3.8) is 0 Å². The molecule has 0 spiro atoms. The summed E-state index contributed by atoms with van der Waals surface area (Å²) in [6.07, 6.45) is 6.72. The topological polar surface area (TPSA) is 67.2 Å². The predicted molar refractivity (Wildman–Crippen MR) is 54.3 cm³/mol. The Hall–Kier alpha value is -1.52. The molecule has 0 aromatic carbocycles. The zero-order valence-electron chi connectivity index (χ0n) is 8.52. The fraction of sp³-hybridized carbons (Fsp3) is 0.600. The van der Waals surface area contributed by atoms with Crippen molar-refractivity contribution < 1.29 is 9.90 Å². The smallest absolute Gasteiger partial charge is 0.222 e. The summed E-state index contributed by atoms with van der Waals surface area (Å²) >= 11 is 0. The van der Waals surface area contributed by atoms with Crippen molar-refractivity contribution in [2.75, 3.05) is 0 Å². The van der Waals surface area contributed by atoms with Crippen molar-refractivity contribution in [1.82, 2.24) is 15.1 Å². The van der Waals surface area contributed by atoms with Gasteiger partial charge in [-0.25, -0.2) is 0 Å². The second-order valence-electron chi connectivity index (χ2n) is 3.91. The molecule has 1 saturated carbocycles. The molecule has 1 heterocycles. The van der Waals surface area contributed by atoms with Crippen LogP contribution in [0.2, 0.25) is 0 Å². The summed E-state index contributed by atoms with van der Waals surface area (Å²) in [6, 6.07) is 0.392. The minimum Gasteiger partial charge on any atom is -0.505 e. The van der Waals surface area contributed by atoms with E-state index in [1.807, 2.05) is 0 Å². The Labute approximate surface area is 88.1 Å². The van der Waals surface area contributed by atoms with Crippen LogP contribution in [0.3, 0.4) is 0 Å². The van der Waals surface area contributed by atoms with Gasteiger partial charge in [-0.1, -0.05) is 0 Å². The number of aromatic hydroxyl groups is 1. The first-order valence-electron chi connectivity index (χ1n) is 5.25. The third-order valence-electron chi connectivity index (χ3n) is 2.66. The third-order valence-corrected chi connectivity index (χ3v) is 2.66. The molecule has 2 rings (SSSR count). The molecule has 1 aliphatic carbocycles. The van der Waals surface area contributed by atoms with E-state index in [1.165, 1.54) is 18.8 Å². The second-order valence-corrected chi connectivity index (χ2v) is 3.91. The van der Waals surface area contributed by atoms with Crippen LogP contribution >= 0.6 is 0 Å². The molecule has 82 valence electrons. The average molecular weight is 209 g/mol. The molecule has 2 N–H and O–H groups in total. The Bertz CT molecular complexity index is 344. The number of carbonyl (C=O) groups excluding carboxylic acids is 1. The number of nitrogens with zero attached hydrogens (tertiary/aromatic N) is 2. The SMILES string of the molecule is O=C(CCn1cc(O)cn1)NC1CCC1. The van der Waals surface area contributed by atoms with Crippen molar-refractivity contribution in [3.05, 3.63) is 12.4 Å². The number of aromatic nitrogens is 2. The molecule has 0 aliphatic heterocycles. The van der Waals surface area contributed by atoms with Gasteiger partial charge in [-0.3, -0.25) is 9.48 Å². The highest BCUT2D eigenvalue weighted by atomic mass is 16.3. The summed E-state index contributed by atoms with van der Waals surface area (Å²) < 4.78 is 1.57. The highest BCUT2D eigenvalue weighted by Gasteiger charge is 2.18. The molecule has 0 bridgehead atoms. The van der Waals surface area contributed by atoms with Gasteiger partial charge in [0.2, 0.25) is 5.91 Å². The van der Waals surface area contributed by atoms with Crippen LogP contribution in [0.15, 0.2) is 12.4 Å². The molecule has 1 amide bonds. The number of nitrogens with one attached hydrogen (secondary N) is 1. The van der Waals surface area contributed by atoms with E-state index in [0.717, 1.165) is 12.8 Å². The fourth-order valence-corrected chi connectivity index (χ4v) is 1.54. The van der Waals surface area contributed by atoms with E-state index in [2.05, 4.69) is 10.4 Å². The van der Waals surface area contributed by atoms with Gasteiger partial charge in [-0.15, -0.1) is 0 Å². The number of amides is 1. The second kappa shape index (κ2) is 4.33. The molecule has 0 atom stereocenters. The summed E-state index contributed by atoms with van der Waals surface area (Å²) in [6.45, 7) is 0.513. The van der Waals surface area contributed by atoms with Gasteiger partial charge in [0.05, 0.1) is 12.4 Å². The number of aryl methyl sites for hydroxylation is 1. The van der Waals surface area contributed by atoms with Crippen LogP contribution in [0.25, 0.3) is 0 Å². The highest BCUT2D eigenvalue weighted by molar-refractivity contribution is 5.76. The first-order chi connectivity index (χ1) is 7.24. The Morgan fingerprint density at radius 1 is 1.67 bits per heavy atom. The van der Waals surface area contributed by atoms with Crippen molar-refractivity contribution in [2.45, 2.75) is 38.3 Å². The summed E-state index contributed by atoms with van der Waals surface area (Å²) in [7, 11) is 0. The number of rotatable bonds is 4. The Balaban J connectivity index is 1.70. The summed E-state index contributed by atoms with van der Waals surface area (Å²) in [5.41, 5.74) is 0. The highest BCUT2D eigenvalue weighted by Crippen LogP contribution is 2.17. The number of hydrogen-bond donors (Lipinski definition) is 2. The van der Waals surface area contributed by atoms with Gasteiger partial charge in [0.25, 0.3) is 0 Å². The predicted octanol–water partition coefficient (Wildman–Crippen LogP) is 0.647. The van der Waals surface area contributed by atoms with Gasteiger partial charge in [0.15, 0.2) is 5.75 Å². The lowest BCUT2D eigenvalue weighted by molar-refractivity contribution is -0.122. The van der Waals surface area contributed by atoms with Gasteiger partial charge in [-0.05, 0) is 19.3 Å². The van der Waals surface area contributed by atoms with Gasteiger partial charge in [0, 0.05) is 19.0 Å². The summed E-state index contributed by atoms with van der Waals surface area (Å²) in [5.74, 6) is 0.198. The fourth-order valence-electron chi connectivity index (χ4n) is 1.54. The van der Waals surface area contributed by atoms with E-state index in [0.29, 0.717) is 19.0 Å². The normalized spacial score (nSPS) is 16.0. The molecule has 0 radical (unpaired) electrons. The zero-order valence-corrected chi connectivity index (χ0v) is 8.52. The maximum atomic E-state index is 11.4. The van der Waals surface area contributed by atoms with Gasteiger partial charge < -0.3 is 10.4 Å². The van der Waals surface area contributed by atoms with Crippen molar-refractivity contribution in [2.24, 2.45) is 0 Å². The van der Waals surface area contributed by atoms with E-state index < -0.39 is 0 Å². The van der Waals surface area contributed by atoms with Crippen molar-refractivity contribution >= 4 is 5.91 Å². The molecule has 0 saturated heterocycles. The Morgan fingerprint density at radius 3 is 3.00 bits per heavy atom. The van der Waals surface area contributed by atoms with E-state index in [-0.39, 0.29) is 11.7 Å². The average Bonchev–Trinajstić information content (AvgIpc) is 2.55. The maximum absolute atomic E-state index is 11.4. The molecule has 1 aromatic rings. The lowest BCUT2D eigenvalue weighted by Gasteiger charge is -2.26. The van der Waals surface area contributed by atoms with Gasteiger partial charge in [-0.2, -0.15) is 5.10 Å². The zero-order chi connectivity index (χ0) is 10.7. The molecular weight excluding hydrogens is 194 g/mol. The quantitative estimate of drug-likeness (QED) is 0.765. The number of hydrogen-bond acceptors (Lipinski definition) is 3. The molecular formula is C10H15N3O2. The van der Waals surface area contributed by atoms with E-state index in [4.69, 9.17) is 5.11 Å². The van der Waals surface area contributed by atoms with Crippen LogP contribution in [-0.2, 0) is 11.3 Å². The lowest BCUT2D eigenvalue weighted by Crippen LogP contribution is -2.39. The van der Waals surface area contributed by atoms with E-state index >= 15 is 0 Å². The molecule has 15 heavy (non-hydrogen) atoms. The van der Waals surface area contributed by atoms with E-state index in [9.17, 15) is 4.79 Å². The lowest BCUT2D eigenvalue weighted by atomic mass is 9.93. The van der Waals surface area contributed by atoms with Gasteiger partial charge in [0.1, 0.15) is 0 Å². The minimum absolute atomic E-state index is 0.0645. The van der Waals surface area contributed by atoms with Gasteiger partial charge >= 0.3 is 0 Å². The first kappa shape index (κ1) is 10.0. The molecule has 1 aromatic heterocycles. The first-order valence-corrected chi connectivity index (χ1v) is 5.25. The van der Waals surface area contributed by atoms with Crippen LogP contribution in [0, 0.1) is 0 Å². The molecule has 0 unspecified atom stereocenters. The Kier molecular flexibility index (Phi) is 2.89. The minimum atomic E-state index is 0.0645. The largest absolute Gasteiger partial charge is 0.505 e. The maximum Gasteiger partial charge on any atom is 0.222 e. The molecule has 1 fully saturated rings. The third kappa shape index (κ3) is 2.71. The van der Waals surface area contributed by atoms with Crippen LogP contribution < -0.4 is 5.32 Å². The standard InChI is InChI=1S/C10H15N3O2/c14-9-6-11-13(7-9)5-4-10(15)12-8-2-1-3-8/h6-8,14H,1-5H2,(H,12,15). The monoisotopic (exact) mass is 209 g/mol. The van der Waals surface area contributed by atoms with Crippen molar-refractivity contribution in [1.29, 1.82) is 0 Å².